The highest BCUT2D eigenvalue weighted by atomic mass is 19.4. The highest BCUT2D eigenvalue weighted by Gasteiger charge is 2.35. The maximum atomic E-state index is 13.8. The number of imidazole rings is 1. The number of nitrogens with zero attached hydrogens (tertiary/aromatic N) is 2. The molecule has 5 nitrogen and oxygen atoms in total. The molecule has 4 rings (SSSR count). The van der Waals surface area contributed by atoms with Gasteiger partial charge in [-0.1, -0.05) is 42.5 Å². The van der Waals surface area contributed by atoms with E-state index in [1.54, 1.807) is 47.0 Å². The molecular formula is C26H22F3N3O2. The van der Waals surface area contributed by atoms with E-state index >= 15 is 0 Å². The molecule has 0 saturated heterocycles. The van der Waals surface area contributed by atoms with Crippen LogP contribution in [-0.2, 0) is 11.8 Å². The maximum Gasteiger partial charge on any atom is 0.417 e. The van der Waals surface area contributed by atoms with E-state index in [9.17, 15) is 23.1 Å². The molecule has 0 saturated carbocycles. The summed E-state index contributed by atoms with van der Waals surface area (Å²) in [5.74, 6) is -0.475. The molecule has 174 valence electrons. The van der Waals surface area contributed by atoms with Crippen molar-refractivity contribution in [1.82, 2.24) is 9.55 Å². The number of amides is 1. The van der Waals surface area contributed by atoms with Crippen LogP contribution in [0.4, 0.5) is 13.2 Å². The smallest absolute Gasteiger partial charge is 0.384 e. The maximum absolute atomic E-state index is 13.8. The number of rotatable bonds is 5. The van der Waals surface area contributed by atoms with Gasteiger partial charge in [-0.2, -0.15) is 13.2 Å². The van der Waals surface area contributed by atoms with Gasteiger partial charge in [0.05, 0.1) is 11.3 Å². The Balaban J connectivity index is 1.89. The lowest BCUT2D eigenvalue weighted by molar-refractivity contribution is -0.137. The number of carbonyl (C=O) groups excluding carboxylic acids is 1. The summed E-state index contributed by atoms with van der Waals surface area (Å²) in [5.41, 5.74) is 5.77. The Morgan fingerprint density at radius 2 is 1.62 bits per heavy atom. The zero-order chi connectivity index (χ0) is 24.7. The van der Waals surface area contributed by atoms with E-state index in [1.165, 1.54) is 38.2 Å². The highest BCUT2D eigenvalue weighted by molar-refractivity contribution is 5.93. The minimum Gasteiger partial charge on any atom is -0.384 e. The monoisotopic (exact) mass is 465 g/mol. The molecule has 0 radical (unpaired) electrons. The van der Waals surface area contributed by atoms with Crippen LogP contribution in [0.25, 0.3) is 28.2 Å². The molecule has 8 heteroatoms. The normalized spacial score (nSPS) is 12.1. The van der Waals surface area contributed by atoms with E-state index in [0.717, 1.165) is 17.2 Å². The standard InChI is InChI=1S/C26H22F3N3O2/c1-25(2,34)22-15-32(24(31-22)20-8-3-4-9-21(20)26(27,28)29)19-7-5-6-18(14-19)16-10-12-17(13-11-16)23(30)33/h3-15,34H,1-2H3,(H2,30,33). The van der Waals surface area contributed by atoms with E-state index in [0.29, 0.717) is 11.3 Å². The molecule has 0 atom stereocenters. The van der Waals surface area contributed by atoms with E-state index < -0.39 is 23.2 Å². The summed E-state index contributed by atoms with van der Waals surface area (Å²) in [6, 6.07) is 19.1. The molecule has 1 aromatic heterocycles. The van der Waals surface area contributed by atoms with E-state index in [4.69, 9.17) is 5.73 Å². The number of primary amides is 1. The number of carbonyl (C=O) groups is 1. The Kier molecular flexibility index (Phi) is 5.79. The fourth-order valence-corrected chi connectivity index (χ4v) is 3.65. The number of nitrogens with two attached hydrogens (primary N) is 1. The summed E-state index contributed by atoms with van der Waals surface area (Å²) in [5, 5.41) is 10.5. The summed E-state index contributed by atoms with van der Waals surface area (Å²) < 4.78 is 42.8. The molecule has 0 aliphatic carbocycles. The minimum absolute atomic E-state index is 0.0614. The Bertz CT molecular complexity index is 1350. The molecule has 1 amide bonds. The number of benzene rings is 3. The molecular weight excluding hydrogens is 443 g/mol. The van der Waals surface area contributed by atoms with Crippen molar-refractivity contribution in [2.24, 2.45) is 5.73 Å². The van der Waals surface area contributed by atoms with Crippen LogP contribution in [0.1, 0.15) is 35.5 Å². The molecule has 0 unspecified atom stereocenters. The summed E-state index contributed by atoms with van der Waals surface area (Å²) in [6.07, 6.45) is -3.04. The topological polar surface area (TPSA) is 81.1 Å². The van der Waals surface area contributed by atoms with Gasteiger partial charge in [-0.3, -0.25) is 9.36 Å². The average Bonchev–Trinajstić information content (AvgIpc) is 3.25. The summed E-state index contributed by atoms with van der Waals surface area (Å²) >= 11 is 0. The molecule has 0 bridgehead atoms. The SMILES string of the molecule is CC(C)(O)c1cn(-c2cccc(-c3ccc(C(N)=O)cc3)c2)c(-c2ccccc2C(F)(F)F)n1. The summed E-state index contributed by atoms with van der Waals surface area (Å²) in [7, 11) is 0. The van der Waals surface area contributed by atoms with Crippen LogP contribution in [0.2, 0.25) is 0 Å². The zero-order valence-electron chi connectivity index (χ0n) is 18.5. The second-order valence-electron chi connectivity index (χ2n) is 8.41. The van der Waals surface area contributed by atoms with Gasteiger partial charge in [-0.05, 0) is 55.3 Å². The molecule has 0 aliphatic rings. The average molecular weight is 465 g/mol. The lowest BCUT2D eigenvalue weighted by atomic mass is 10.0. The third-order valence-corrected chi connectivity index (χ3v) is 5.43. The molecule has 4 aromatic rings. The van der Waals surface area contributed by atoms with Crippen molar-refractivity contribution in [2.45, 2.75) is 25.6 Å². The first kappa shape index (κ1) is 23.3. The molecule has 34 heavy (non-hydrogen) atoms. The second-order valence-corrected chi connectivity index (χ2v) is 8.41. The fraction of sp³-hybridized carbons (Fsp3) is 0.154. The van der Waals surface area contributed by atoms with Gasteiger partial charge < -0.3 is 10.8 Å². The predicted octanol–water partition coefficient (Wildman–Crippen LogP) is 5.55. The van der Waals surface area contributed by atoms with Crippen LogP contribution in [0.5, 0.6) is 0 Å². The Morgan fingerprint density at radius 1 is 0.941 bits per heavy atom. The number of halogens is 3. The lowest BCUT2D eigenvalue weighted by Gasteiger charge is -2.14. The van der Waals surface area contributed by atoms with Crippen LogP contribution >= 0.6 is 0 Å². The first-order valence-corrected chi connectivity index (χ1v) is 10.4. The Morgan fingerprint density at radius 3 is 2.24 bits per heavy atom. The highest BCUT2D eigenvalue weighted by Crippen LogP contribution is 2.38. The van der Waals surface area contributed by atoms with Gasteiger partial charge in [0.2, 0.25) is 5.91 Å². The van der Waals surface area contributed by atoms with Crippen LogP contribution < -0.4 is 5.73 Å². The lowest BCUT2D eigenvalue weighted by Crippen LogP contribution is -2.15. The van der Waals surface area contributed by atoms with Crippen molar-refractivity contribution in [3.63, 3.8) is 0 Å². The fourth-order valence-electron chi connectivity index (χ4n) is 3.65. The largest absolute Gasteiger partial charge is 0.417 e. The van der Waals surface area contributed by atoms with Crippen molar-refractivity contribution in [3.8, 4) is 28.2 Å². The number of aliphatic hydroxyl groups is 1. The van der Waals surface area contributed by atoms with Crippen LogP contribution in [0, 0.1) is 0 Å². The first-order chi connectivity index (χ1) is 15.9. The summed E-state index contributed by atoms with van der Waals surface area (Å²) in [6.45, 7) is 3.05. The Labute approximate surface area is 194 Å². The quantitative estimate of drug-likeness (QED) is 0.405. The Hall–Kier alpha value is -3.91. The van der Waals surface area contributed by atoms with Gasteiger partial charge in [-0.25, -0.2) is 4.98 Å². The molecule has 0 aliphatic heterocycles. The molecule has 3 aromatic carbocycles. The van der Waals surface area contributed by atoms with E-state index in [2.05, 4.69) is 4.98 Å². The number of alkyl halides is 3. The number of hydrogen-bond acceptors (Lipinski definition) is 3. The second kappa shape index (κ2) is 8.46. The minimum atomic E-state index is -4.58. The van der Waals surface area contributed by atoms with Crippen LogP contribution in [-0.4, -0.2) is 20.6 Å². The van der Waals surface area contributed by atoms with Crippen molar-refractivity contribution in [1.29, 1.82) is 0 Å². The predicted molar refractivity (Wildman–Crippen MR) is 123 cm³/mol. The first-order valence-electron chi connectivity index (χ1n) is 10.4. The third-order valence-electron chi connectivity index (χ3n) is 5.43. The van der Waals surface area contributed by atoms with Crippen molar-refractivity contribution < 1.29 is 23.1 Å². The van der Waals surface area contributed by atoms with Crippen molar-refractivity contribution in [3.05, 3.63) is 95.8 Å². The van der Waals surface area contributed by atoms with Crippen molar-refractivity contribution in [2.75, 3.05) is 0 Å². The third kappa shape index (κ3) is 4.58. The summed E-state index contributed by atoms with van der Waals surface area (Å²) in [4.78, 5) is 15.8. The van der Waals surface area contributed by atoms with Gasteiger partial charge in [0.15, 0.2) is 0 Å². The zero-order valence-corrected chi connectivity index (χ0v) is 18.5. The molecule has 0 spiro atoms. The molecule has 3 N–H and O–H groups in total. The number of aromatic nitrogens is 2. The molecule has 0 fully saturated rings. The van der Waals surface area contributed by atoms with Crippen LogP contribution in [0.15, 0.2) is 79.0 Å². The molecule has 1 heterocycles. The van der Waals surface area contributed by atoms with Gasteiger partial charge >= 0.3 is 6.18 Å². The van der Waals surface area contributed by atoms with E-state index in [1.807, 2.05) is 6.07 Å². The van der Waals surface area contributed by atoms with Gasteiger partial charge in [0, 0.05) is 23.0 Å². The van der Waals surface area contributed by atoms with Gasteiger partial charge in [-0.15, -0.1) is 0 Å². The van der Waals surface area contributed by atoms with E-state index in [-0.39, 0.29) is 17.1 Å². The number of hydrogen-bond donors (Lipinski definition) is 2. The van der Waals surface area contributed by atoms with Crippen molar-refractivity contribution >= 4 is 5.91 Å². The van der Waals surface area contributed by atoms with Gasteiger partial charge in [0.25, 0.3) is 0 Å². The van der Waals surface area contributed by atoms with Gasteiger partial charge in [0.1, 0.15) is 11.4 Å². The van der Waals surface area contributed by atoms with Crippen LogP contribution in [0.3, 0.4) is 0 Å².